The number of nitrogens with one attached hydrogen (secondary N) is 3. The molecule has 2 aliphatic rings. The van der Waals surface area contributed by atoms with Gasteiger partial charge in [0.25, 0.3) is 0 Å². The summed E-state index contributed by atoms with van der Waals surface area (Å²) in [6.07, 6.45) is 2.98. The molecule has 2 saturated carbocycles. The Bertz CT molecular complexity index is 1050. The molecule has 170 valence electrons. The summed E-state index contributed by atoms with van der Waals surface area (Å²) in [5, 5.41) is 11.6. The summed E-state index contributed by atoms with van der Waals surface area (Å²) in [5.74, 6) is -0.649. The first-order chi connectivity index (χ1) is 16.0. The number of Topliss-reactive ketones (excluding diaryl/α,β-unsaturated/α-hetero) is 1. The summed E-state index contributed by atoms with van der Waals surface area (Å²) < 4.78 is 0. The number of nitrogens with zero attached hydrogens (tertiary/aromatic N) is 3. The first kappa shape index (κ1) is 22.8. The zero-order chi connectivity index (χ0) is 23.5. The average molecular weight is 445 g/mol. The Hall–Kier alpha value is -3.42. The van der Waals surface area contributed by atoms with Gasteiger partial charge in [-0.3, -0.25) is 4.79 Å². The Labute approximate surface area is 192 Å². The minimum absolute atomic E-state index is 0.165. The number of carbonyl (C=O) groups is 2. The zero-order valence-corrected chi connectivity index (χ0v) is 18.4. The van der Waals surface area contributed by atoms with Crippen LogP contribution in [0.4, 0.5) is 0 Å². The molecule has 0 heterocycles. The SMILES string of the molecule is N=NC1CC(N=N)(c2ccccc2)C2(CCC(N=N)(C(C=O)Cc3ccccc3)CC2)C1=O. The van der Waals surface area contributed by atoms with Crippen molar-refractivity contribution >= 4 is 12.1 Å². The molecule has 0 radical (unpaired) electrons. The van der Waals surface area contributed by atoms with E-state index in [9.17, 15) is 9.59 Å². The topological polar surface area (TPSA) is 143 Å². The molecule has 0 saturated heterocycles. The smallest absolute Gasteiger partial charge is 0.168 e. The number of rotatable bonds is 8. The maximum atomic E-state index is 13.6. The molecule has 2 fully saturated rings. The van der Waals surface area contributed by atoms with Gasteiger partial charge in [-0.15, -0.1) is 0 Å². The molecule has 3 N–H and O–H groups in total. The molecular weight excluding hydrogens is 416 g/mol. The number of hydrogen-bond donors (Lipinski definition) is 3. The number of benzene rings is 2. The van der Waals surface area contributed by atoms with Gasteiger partial charge in [0.05, 0.1) is 11.0 Å². The van der Waals surface area contributed by atoms with Gasteiger partial charge in [-0.25, -0.2) is 16.6 Å². The lowest BCUT2D eigenvalue weighted by Crippen LogP contribution is -2.52. The molecule has 0 aromatic heterocycles. The van der Waals surface area contributed by atoms with Crippen molar-refractivity contribution in [2.45, 2.75) is 55.6 Å². The largest absolute Gasteiger partial charge is 0.303 e. The summed E-state index contributed by atoms with van der Waals surface area (Å²) in [7, 11) is 0. The van der Waals surface area contributed by atoms with Gasteiger partial charge in [-0.2, -0.15) is 15.3 Å². The Kier molecular flexibility index (Phi) is 6.10. The summed E-state index contributed by atoms with van der Waals surface area (Å²) >= 11 is 0. The van der Waals surface area contributed by atoms with Crippen molar-refractivity contribution < 1.29 is 9.59 Å². The fourth-order valence-electron chi connectivity index (χ4n) is 6.09. The van der Waals surface area contributed by atoms with Gasteiger partial charge in [0.15, 0.2) is 5.78 Å². The van der Waals surface area contributed by atoms with Crippen LogP contribution in [-0.2, 0) is 21.5 Å². The van der Waals surface area contributed by atoms with Crippen molar-refractivity contribution in [1.82, 2.24) is 0 Å². The van der Waals surface area contributed by atoms with Crippen LogP contribution in [0.25, 0.3) is 0 Å². The second-order valence-corrected chi connectivity index (χ2v) is 9.28. The Balaban J connectivity index is 1.70. The van der Waals surface area contributed by atoms with E-state index >= 15 is 0 Å². The van der Waals surface area contributed by atoms with Gasteiger partial charge in [0.1, 0.15) is 17.9 Å². The maximum Gasteiger partial charge on any atom is 0.168 e. The standard InChI is InChI=1S/C25H28N6O2/c26-29-21-16-25(31-28,19-9-5-2-6-10-19)23(22(21)33)11-13-24(30-27,14-12-23)20(17-32)15-18-7-3-1-4-8-18/h1-10,17,20-21,26-28H,11-16H2. The summed E-state index contributed by atoms with van der Waals surface area (Å²) in [6, 6.07) is 18.2. The van der Waals surface area contributed by atoms with Crippen LogP contribution in [0, 0.1) is 27.9 Å². The Morgan fingerprint density at radius 3 is 2.03 bits per heavy atom. The van der Waals surface area contributed by atoms with Crippen molar-refractivity contribution in [2.75, 3.05) is 0 Å². The van der Waals surface area contributed by atoms with Crippen molar-refractivity contribution in [1.29, 1.82) is 16.6 Å². The third-order valence-corrected chi connectivity index (χ3v) is 8.00. The minimum Gasteiger partial charge on any atom is -0.303 e. The van der Waals surface area contributed by atoms with E-state index in [0.717, 1.165) is 17.4 Å². The molecule has 0 aliphatic heterocycles. The third kappa shape index (κ3) is 3.44. The Morgan fingerprint density at radius 2 is 1.52 bits per heavy atom. The number of aldehydes is 1. The number of hydrogen-bond acceptors (Lipinski definition) is 8. The fraction of sp³-hybridized carbons (Fsp3) is 0.440. The molecule has 1 spiro atoms. The van der Waals surface area contributed by atoms with Gasteiger partial charge in [-0.05, 0) is 43.2 Å². The van der Waals surface area contributed by atoms with Gasteiger partial charge in [0.2, 0.25) is 0 Å². The van der Waals surface area contributed by atoms with Crippen LogP contribution < -0.4 is 0 Å². The van der Waals surface area contributed by atoms with Crippen LogP contribution in [-0.4, -0.2) is 23.7 Å². The van der Waals surface area contributed by atoms with E-state index in [4.69, 9.17) is 16.6 Å². The van der Waals surface area contributed by atoms with E-state index in [0.29, 0.717) is 32.1 Å². The van der Waals surface area contributed by atoms with Gasteiger partial charge >= 0.3 is 0 Å². The summed E-state index contributed by atoms with van der Waals surface area (Å²) in [6.45, 7) is 0. The quantitative estimate of drug-likeness (QED) is 0.356. The lowest BCUT2D eigenvalue weighted by atomic mass is 9.56. The molecule has 0 amide bonds. The molecule has 3 atom stereocenters. The zero-order valence-electron chi connectivity index (χ0n) is 18.4. The highest BCUT2D eigenvalue weighted by molar-refractivity contribution is 5.94. The highest BCUT2D eigenvalue weighted by atomic mass is 16.1. The van der Waals surface area contributed by atoms with Crippen LogP contribution >= 0.6 is 0 Å². The minimum atomic E-state index is -1.11. The highest BCUT2D eigenvalue weighted by Crippen LogP contribution is 2.62. The van der Waals surface area contributed by atoms with Crippen LogP contribution in [0.15, 0.2) is 76.0 Å². The lowest BCUT2D eigenvalue weighted by Gasteiger charge is -2.49. The van der Waals surface area contributed by atoms with Crippen LogP contribution in [0.3, 0.4) is 0 Å². The predicted molar refractivity (Wildman–Crippen MR) is 120 cm³/mol. The van der Waals surface area contributed by atoms with E-state index < -0.39 is 28.5 Å². The van der Waals surface area contributed by atoms with E-state index in [1.54, 1.807) is 0 Å². The number of ketones is 1. The highest BCUT2D eigenvalue weighted by Gasteiger charge is 2.67. The van der Waals surface area contributed by atoms with Crippen LogP contribution in [0.1, 0.15) is 43.2 Å². The molecule has 8 heteroatoms. The first-order valence-corrected chi connectivity index (χ1v) is 11.2. The maximum absolute atomic E-state index is 13.6. The molecule has 0 bridgehead atoms. The van der Waals surface area contributed by atoms with E-state index in [2.05, 4.69) is 15.3 Å². The van der Waals surface area contributed by atoms with Gasteiger partial charge in [0, 0.05) is 12.3 Å². The second kappa shape index (κ2) is 8.84. The first-order valence-electron chi connectivity index (χ1n) is 11.2. The molecular formula is C25H28N6O2. The molecule has 8 nitrogen and oxygen atoms in total. The van der Waals surface area contributed by atoms with Crippen molar-refractivity contribution in [2.24, 2.45) is 26.7 Å². The van der Waals surface area contributed by atoms with Gasteiger partial charge in [-0.1, -0.05) is 60.7 Å². The molecule has 2 aromatic rings. The average Bonchev–Trinajstić information content (AvgIpc) is 3.12. The van der Waals surface area contributed by atoms with Crippen molar-refractivity contribution in [3.63, 3.8) is 0 Å². The Morgan fingerprint density at radius 1 is 0.909 bits per heavy atom. The van der Waals surface area contributed by atoms with Gasteiger partial charge < -0.3 is 4.79 Å². The molecule has 3 unspecified atom stereocenters. The van der Waals surface area contributed by atoms with Crippen molar-refractivity contribution in [3.8, 4) is 0 Å². The second-order valence-electron chi connectivity index (χ2n) is 9.28. The van der Waals surface area contributed by atoms with E-state index in [-0.39, 0.29) is 12.2 Å². The predicted octanol–water partition coefficient (Wildman–Crippen LogP) is 5.67. The molecule has 4 rings (SSSR count). The van der Waals surface area contributed by atoms with E-state index in [1.807, 2.05) is 60.7 Å². The molecule has 33 heavy (non-hydrogen) atoms. The van der Waals surface area contributed by atoms with Crippen molar-refractivity contribution in [3.05, 3.63) is 71.8 Å². The molecule has 2 aromatic carbocycles. The fourth-order valence-corrected chi connectivity index (χ4v) is 6.09. The van der Waals surface area contributed by atoms with Crippen LogP contribution in [0.5, 0.6) is 0 Å². The third-order valence-electron chi connectivity index (χ3n) is 8.00. The summed E-state index contributed by atoms with van der Waals surface area (Å²) in [5.41, 5.74) is 22.5. The lowest BCUT2D eigenvalue weighted by molar-refractivity contribution is -0.132. The monoisotopic (exact) mass is 444 g/mol. The normalized spacial score (nSPS) is 32.2. The number of carbonyl (C=O) groups excluding carboxylic acids is 2. The molecule has 2 aliphatic carbocycles. The summed E-state index contributed by atoms with van der Waals surface area (Å²) in [4.78, 5) is 25.7. The van der Waals surface area contributed by atoms with Crippen LogP contribution in [0.2, 0.25) is 0 Å². The van der Waals surface area contributed by atoms with E-state index in [1.165, 1.54) is 0 Å².